The zero-order valence-corrected chi connectivity index (χ0v) is 24.5. The molecular formula is C27H22ClF3N8O5S. The summed E-state index contributed by atoms with van der Waals surface area (Å²) in [6.07, 6.45) is 3.15. The Morgan fingerprint density at radius 2 is 1.69 bits per heavy atom. The van der Waals surface area contributed by atoms with Gasteiger partial charge in [-0.15, -0.1) is 0 Å². The number of alkyl halides is 3. The van der Waals surface area contributed by atoms with Gasteiger partial charge in [0.15, 0.2) is 0 Å². The van der Waals surface area contributed by atoms with Crippen LogP contribution in [0.4, 0.5) is 35.2 Å². The standard InChI is InChI=1S/C26H18ClF3N8O2.CH4O3S/c27-17-11-20(23(31)32-12-17)15-2-5-19(6-3-15)40-25-33-13-18(14-34-25)36-24(39)37-21-10-16(26(28,29)30)4-7-22(21)38-9-1-8-35-38;1-5(2,3)4/h1-14H,(H2,31,32)(H2,36,37,39);1H3,(H,2,3,4). The molecule has 2 amide bonds. The summed E-state index contributed by atoms with van der Waals surface area (Å²) in [5.41, 5.74) is 6.77. The van der Waals surface area contributed by atoms with Crippen molar-refractivity contribution in [1.82, 2.24) is 24.7 Å². The van der Waals surface area contributed by atoms with Crippen LogP contribution >= 0.6 is 11.6 Å². The van der Waals surface area contributed by atoms with Gasteiger partial charge in [0.25, 0.3) is 10.1 Å². The monoisotopic (exact) mass is 662 g/mol. The molecule has 5 rings (SSSR count). The Morgan fingerprint density at radius 3 is 2.29 bits per heavy atom. The molecule has 0 atom stereocenters. The van der Waals surface area contributed by atoms with Gasteiger partial charge in [0.2, 0.25) is 0 Å². The van der Waals surface area contributed by atoms with Crippen LogP contribution in [-0.4, -0.2) is 50.0 Å². The smallest absolute Gasteiger partial charge is 0.416 e. The second-order valence-electron chi connectivity index (χ2n) is 8.96. The molecule has 0 spiro atoms. The number of hydrogen-bond acceptors (Lipinski definition) is 9. The fourth-order valence-electron chi connectivity index (χ4n) is 3.63. The van der Waals surface area contributed by atoms with Crippen molar-refractivity contribution in [1.29, 1.82) is 0 Å². The molecule has 0 aliphatic rings. The zero-order chi connectivity index (χ0) is 32.8. The van der Waals surface area contributed by atoms with E-state index in [1.807, 2.05) is 0 Å². The highest BCUT2D eigenvalue weighted by Gasteiger charge is 2.31. The number of amides is 2. The number of nitrogens with zero attached hydrogens (tertiary/aromatic N) is 5. The van der Waals surface area contributed by atoms with Crippen molar-refractivity contribution in [2.45, 2.75) is 6.18 Å². The number of benzene rings is 2. The number of hydrogen-bond donors (Lipinski definition) is 4. The van der Waals surface area contributed by atoms with Gasteiger partial charge >= 0.3 is 18.2 Å². The summed E-state index contributed by atoms with van der Waals surface area (Å²) in [7, 11) is -3.67. The lowest BCUT2D eigenvalue weighted by molar-refractivity contribution is -0.137. The van der Waals surface area contributed by atoms with Gasteiger partial charge in [-0.25, -0.2) is 24.4 Å². The first-order valence-corrected chi connectivity index (χ1v) is 14.6. The summed E-state index contributed by atoms with van der Waals surface area (Å²) < 4.78 is 72.6. The SMILES string of the molecule is CS(=O)(=O)O.Nc1ncc(Cl)cc1-c1ccc(Oc2ncc(NC(=O)Nc3cc(C(F)(F)F)ccc3-n3cccn3)cn2)cc1. The number of ether oxygens (including phenoxy) is 1. The second kappa shape index (κ2) is 13.6. The maximum atomic E-state index is 13.3. The van der Waals surface area contributed by atoms with Gasteiger partial charge < -0.3 is 21.1 Å². The minimum Gasteiger partial charge on any atom is -0.424 e. The number of nitrogens with one attached hydrogen (secondary N) is 2. The summed E-state index contributed by atoms with van der Waals surface area (Å²) in [6, 6.07) is 12.4. The Balaban J connectivity index is 0.000000854. The quantitative estimate of drug-likeness (QED) is 0.159. The van der Waals surface area contributed by atoms with Gasteiger partial charge in [-0.1, -0.05) is 23.7 Å². The molecule has 0 aliphatic carbocycles. The highest BCUT2D eigenvalue weighted by atomic mass is 35.5. The molecule has 0 saturated heterocycles. The maximum Gasteiger partial charge on any atom is 0.416 e. The first-order valence-electron chi connectivity index (χ1n) is 12.4. The topological polar surface area (TPSA) is 187 Å². The minimum absolute atomic E-state index is 0.00138. The highest BCUT2D eigenvalue weighted by Crippen LogP contribution is 2.33. The fraction of sp³-hybridized carbons (Fsp3) is 0.0741. The molecule has 13 nitrogen and oxygen atoms in total. The van der Waals surface area contributed by atoms with Gasteiger partial charge in [-0.3, -0.25) is 4.55 Å². The number of anilines is 3. The molecule has 45 heavy (non-hydrogen) atoms. The molecule has 2 aromatic carbocycles. The Bertz CT molecular complexity index is 1880. The van der Waals surface area contributed by atoms with Crippen LogP contribution in [-0.2, 0) is 16.3 Å². The largest absolute Gasteiger partial charge is 0.424 e. The van der Waals surface area contributed by atoms with E-state index in [0.717, 1.165) is 17.7 Å². The van der Waals surface area contributed by atoms with Crippen LogP contribution in [0.3, 0.4) is 0 Å². The normalized spacial score (nSPS) is 11.2. The average molecular weight is 663 g/mol. The number of nitrogens with two attached hydrogens (primary N) is 1. The third-order valence-electron chi connectivity index (χ3n) is 5.47. The van der Waals surface area contributed by atoms with E-state index < -0.39 is 27.9 Å². The highest BCUT2D eigenvalue weighted by molar-refractivity contribution is 7.85. The summed E-state index contributed by atoms with van der Waals surface area (Å²) >= 11 is 6.01. The number of aromatic nitrogens is 5. The van der Waals surface area contributed by atoms with Crippen LogP contribution in [0.1, 0.15) is 5.56 Å². The number of pyridine rings is 1. The lowest BCUT2D eigenvalue weighted by Gasteiger charge is -2.15. The predicted molar refractivity (Wildman–Crippen MR) is 160 cm³/mol. The summed E-state index contributed by atoms with van der Waals surface area (Å²) in [4.78, 5) is 24.7. The number of nitrogen functional groups attached to an aromatic ring is 1. The summed E-state index contributed by atoms with van der Waals surface area (Å²) in [5.74, 6) is 0.769. The Labute approximate surface area is 258 Å². The van der Waals surface area contributed by atoms with E-state index in [1.54, 1.807) is 36.4 Å². The molecule has 3 heterocycles. The molecule has 234 valence electrons. The molecule has 0 saturated carbocycles. The number of halogens is 4. The van der Waals surface area contributed by atoms with Crippen LogP contribution in [0.2, 0.25) is 5.02 Å². The molecule has 0 unspecified atom stereocenters. The summed E-state index contributed by atoms with van der Waals surface area (Å²) in [5, 5.41) is 9.37. The Morgan fingerprint density at radius 1 is 1.02 bits per heavy atom. The first-order chi connectivity index (χ1) is 21.2. The fourth-order valence-corrected chi connectivity index (χ4v) is 3.79. The van der Waals surface area contributed by atoms with E-state index in [4.69, 9.17) is 26.6 Å². The third kappa shape index (κ3) is 9.62. The van der Waals surface area contributed by atoms with Gasteiger partial charge in [-0.05, 0) is 48.0 Å². The van der Waals surface area contributed by atoms with E-state index in [9.17, 15) is 26.4 Å². The Kier molecular flexibility index (Phi) is 9.85. The third-order valence-corrected chi connectivity index (χ3v) is 5.68. The number of carbonyl (C=O) groups is 1. The van der Waals surface area contributed by atoms with E-state index in [1.165, 1.54) is 41.7 Å². The van der Waals surface area contributed by atoms with Crippen molar-refractivity contribution in [2.24, 2.45) is 0 Å². The molecule has 0 aliphatic heterocycles. The lowest BCUT2D eigenvalue weighted by Crippen LogP contribution is -2.21. The van der Waals surface area contributed by atoms with Gasteiger partial charge in [0.05, 0.1) is 46.3 Å². The number of rotatable bonds is 6. The molecule has 5 aromatic rings. The van der Waals surface area contributed by atoms with E-state index in [-0.39, 0.29) is 23.1 Å². The van der Waals surface area contributed by atoms with Crippen molar-refractivity contribution in [3.05, 3.63) is 96.2 Å². The predicted octanol–water partition coefficient (Wildman–Crippen LogP) is 5.92. The van der Waals surface area contributed by atoms with Crippen LogP contribution in [0, 0.1) is 0 Å². The van der Waals surface area contributed by atoms with Crippen molar-refractivity contribution in [3.8, 4) is 28.6 Å². The molecule has 18 heteroatoms. The van der Waals surface area contributed by atoms with E-state index in [2.05, 4.69) is 30.7 Å². The minimum atomic E-state index is -4.60. The van der Waals surface area contributed by atoms with Crippen LogP contribution < -0.4 is 21.1 Å². The summed E-state index contributed by atoms with van der Waals surface area (Å²) in [6.45, 7) is 0. The van der Waals surface area contributed by atoms with Crippen LogP contribution in [0.5, 0.6) is 11.8 Å². The Hall–Kier alpha value is -5.26. The average Bonchev–Trinajstić information content (AvgIpc) is 3.49. The second-order valence-corrected chi connectivity index (χ2v) is 10.9. The molecule has 0 radical (unpaired) electrons. The van der Waals surface area contributed by atoms with Crippen LogP contribution in [0.25, 0.3) is 16.8 Å². The molecule has 0 fully saturated rings. The van der Waals surface area contributed by atoms with Crippen molar-refractivity contribution in [2.75, 3.05) is 22.6 Å². The maximum absolute atomic E-state index is 13.3. The molecule has 3 aromatic heterocycles. The van der Waals surface area contributed by atoms with Crippen molar-refractivity contribution in [3.63, 3.8) is 0 Å². The van der Waals surface area contributed by atoms with Crippen molar-refractivity contribution < 1.29 is 35.7 Å². The van der Waals surface area contributed by atoms with Gasteiger partial charge in [0, 0.05) is 24.2 Å². The first kappa shape index (κ1) is 32.6. The number of carbonyl (C=O) groups excluding carboxylic acids is 1. The van der Waals surface area contributed by atoms with Gasteiger partial charge in [-0.2, -0.15) is 26.7 Å². The lowest BCUT2D eigenvalue weighted by atomic mass is 10.1. The zero-order valence-electron chi connectivity index (χ0n) is 22.9. The van der Waals surface area contributed by atoms with E-state index in [0.29, 0.717) is 28.4 Å². The van der Waals surface area contributed by atoms with Crippen molar-refractivity contribution >= 4 is 44.9 Å². The number of urea groups is 1. The molecular weight excluding hydrogens is 641 g/mol. The van der Waals surface area contributed by atoms with Gasteiger partial charge in [0.1, 0.15) is 11.6 Å². The molecule has 5 N–H and O–H groups in total. The molecule has 0 bridgehead atoms. The van der Waals surface area contributed by atoms with Crippen LogP contribution in [0.15, 0.2) is 85.6 Å². The van der Waals surface area contributed by atoms with E-state index >= 15 is 0 Å².